The number of amides is 1. The summed E-state index contributed by atoms with van der Waals surface area (Å²) in [4.78, 5) is 10.7. The fraction of sp³-hybridized carbons (Fsp3) is 0.833. The van der Waals surface area contributed by atoms with Gasteiger partial charge in [-0.15, -0.1) is 0 Å². The number of carbonyl (C=O) groups is 1. The lowest BCUT2D eigenvalue weighted by atomic mass is 10.2. The Hall–Kier alpha value is -0.640. The highest BCUT2D eigenvalue weighted by atomic mass is 19.2. The second kappa shape index (κ2) is 4.22. The predicted octanol–water partition coefficient (Wildman–Crippen LogP) is 0.457. The molecule has 0 bridgehead atoms. The van der Waals surface area contributed by atoms with Crippen LogP contribution in [0.5, 0.6) is 0 Å². The van der Waals surface area contributed by atoms with E-state index in [9.17, 15) is 9.28 Å². The Balaban J connectivity index is 3.71. The standard InChI is InChI=1S/C6H13FN2O/c1-3-4-5(8)6(10)9(2)7/h5H,3-4,8H2,1-2H3/t5-/m0/s1. The van der Waals surface area contributed by atoms with Gasteiger partial charge in [-0.05, 0) is 6.42 Å². The SMILES string of the molecule is CCC[C@H](N)C(=O)N(C)F. The van der Waals surface area contributed by atoms with E-state index in [1.165, 1.54) is 0 Å². The molecular formula is C6H13FN2O. The molecule has 0 radical (unpaired) electrons. The fourth-order valence-electron chi connectivity index (χ4n) is 0.663. The third-order valence-electron chi connectivity index (χ3n) is 1.22. The minimum absolute atomic E-state index is 0.0281. The zero-order valence-corrected chi connectivity index (χ0v) is 6.30. The molecule has 0 spiro atoms. The first kappa shape index (κ1) is 9.36. The van der Waals surface area contributed by atoms with Crippen molar-refractivity contribution < 1.29 is 9.28 Å². The van der Waals surface area contributed by atoms with Crippen molar-refractivity contribution in [1.29, 1.82) is 0 Å². The van der Waals surface area contributed by atoms with Crippen LogP contribution in [-0.4, -0.2) is 24.1 Å². The Morgan fingerprint density at radius 3 is 2.60 bits per heavy atom. The normalized spacial score (nSPS) is 12.8. The van der Waals surface area contributed by atoms with E-state index in [0.29, 0.717) is 6.42 Å². The van der Waals surface area contributed by atoms with Crippen LogP contribution < -0.4 is 5.73 Å². The average molecular weight is 148 g/mol. The van der Waals surface area contributed by atoms with Gasteiger partial charge in [0.15, 0.2) is 0 Å². The third-order valence-corrected chi connectivity index (χ3v) is 1.22. The van der Waals surface area contributed by atoms with Crippen LogP contribution in [-0.2, 0) is 4.79 Å². The topological polar surface area (TPSA) is 46.3 Å². The minimum Gasteiger partial charge on any atom is -0.320 e. The zero-order valence-electron chi connectivity index (χ0n) is 6.30. The number of hydrogen-bond donors (Lipinski definition) is 1. The van der Waals surface area contributed by atoms with Gasteiger partial charge in [0.25, 0.3) is 5.91 Å². The summed E-state index contributed by atoms with van der Waals surface area (Å²) in [5.74, 6) is -0.651. The van der Waals surface area contributed by atoms with Crippen molar-refractivity contribution in [1.82, 2.24) is 5.12 Å². The van der Waals surface area contributed by atoms with E-state index in [0.717, 1.165) is 13.5 Å². The summed E-state index contributed by atoms with van der Waals surface area (Å²) in [5.41, 5.74) is 5.30. The molecule has 0 aromatic heterocycles. The summed E-state index contributed by atoms with van der Waals surface area (Å²) in [6.07, 6.45) is 1.33. The fourth-order valence-corrected chi connectivity index (χ4v) is 0.663. The van der Waals surface area contributed by atoms with Crippen LogP contribution in [0.4, 0.5) is 4.48 Å². The van der Waals surface area contributed by atoms with Gasteiger partial charge in [0.1, 0.15) is 0 Å². The molecule has 0 aliphatic heterocycles. The monoisotopic (exact) mass is 148 g/mol. The molecule has 0 saturated carbocycles. The van der Waals surface area contributed by atoms with Gasteiger partial charge in [-0.2, -0.15) is 5.12 Å². The number of rotatable bonds is 3. The Kier molecular flexibility index (Phi) is 3.95. The van der Waals surface area contributed by atoms with Gasteiger partial charge in [0.2, 0.25) is 0 Å². The van der Waals surface area contributed by atoms with Crippen LogP contribution in [0, 0.1) is 0 Å². The van der Waals surface area contributed by atoms with Crippen molar-refractivity contribution in [2.24, 2.45) is 5.73 Å². The largest absolute Gasteiger partial charge is 0.320 e. The van der Waals surface area contributed by atoms with Crippen molar-refractivity contribution in [2.75, 3.05) is 7.05 Å². The Bertz CT molecular complexity index is 116. The molecule has 1 atom stereocenters. The molecule has 0 saturated heterocycles. The smallest absolute Gasteiger partial charge is 0.266 e. The van der Waals surface area contributed by atoms with E-state index in [4.69, 9.17) is 5.73 Å². The van der Waals surface area contributed by atoms with E-state index in [1.807, 2.05) is 6.92 Å². The minimum atomic E-state index is -0.681. The molecule has 0 fully saturated rings. The lowest BCUT2D eigenvalue weighted by molar-refractivity contribution is -0.144. The van der Waals surface area contributed by atoms with Crippen molar-refractivity contribution in [3.05, 3.63) is 0 Å². The van der Waals surface area contributed by atoms with E-state index in [1.54, 1.807) is 0 Å². The van der Waals surface area contributed by atoms with Crippen LogP contribution in [0.15, 0.2) is 0 Å². The molecule has 4 heteroatoms. The first-order chi connectivity index (χ1) is 4.59. The number of likely N-dealkylation sites (N-methyl/N-ethyl adjacent to an activating group) is 1. The number of halogens is 1. The van der Waals surface area contributed by atoms with E-state index in [2.05, 4.69) is 0 Å². The van der Waals surface area contributed by atoms with E-state index >= 15 is 0 Å². The molecule has 0 heterocycles. The summed E-state index contributed by atoms with van der Waals surface area (Å²) in [6.45, 7) is 1.89. The van der Waals surface area contributed by atoms with Gasteiger partial charge in [-0.3, -0.25) is 4.79 Å². The van der Waals surface area contributed by atoms with Gasteiger partial charge in [0, 0.05) is 7.05 Å². The Morgan fingerprint density at radius 2 is 2.30 bits per heavy atom. The number of hydrogen-bond acceptors (Lipinski definition) is 2. The molecule has 0 rings (SSSR count). The lowest BCUT2D eigenvalue weighted by Crippen LogP contribution is -2.37. The van der Waals surface area contributed by atoms with Crippen LogP contribution in [0.2, 0.25) is 0 Å². The molecule has 0 aromatic carbocycles. The van der Waals surface area contributed by atoms with Crippen molar-refractivity contribution in [2.45, 2.75) is 25.8 Å². The van der Waals surface area contributed by atoms with Crippen molar-refractivity contribution in [3.63, 3.8) is 0 Å². The zero-order chi connectivity index (χ0) is 8.15. The maximum Gasteiger partial charge on any atom is 0.266 e. The summed E-state index contributed by atoms with van der Waals surface area (Å²) < 4.78 is 12.1. The molecule has 0 aromatic rings. The van der Waals surface area contributed by atoms with Gasteiger partial charge >= 0.3 is 0 Å². The highest BCUT2D eigenvalue weighted by Gasteiger charge is 2.15. The number of carbonyl (C=O) groups excluding carboxylic acids is 1. The van der Waals surface area contributed by atoms with Crippen molar-refractivity contribution in [3.8, 4) is 0 Å². The highest BCUT2D eigenvalue weighted by molar-refractivity contribution is 5.80. The molecule has 3 nitrogen and oxygen atoms in total. The number of nitrogens with zero attached hydrogens (tertiary/aromatic N) is 1. The van der Waals surface area contributed by atoms with Gasteiger partial charge < -0.3 is 5.73 Å². The van der Waals surface area contributed by atoms with Crippen LogP contribution in [0.25, 0.3) is 0 Å². The molecule has 10 heavy (non-hydrogen) atoms. The lowest BCUT2D eigenvalue weighted by Gasteiger charge is -2.11. The van der Waals surface area contributed by atoms with Crippen molar-refractivity contribution >= 4 is 5.91 Å². The summed E-state index contributed by atoms with van der Waals surface area (Å²) in [6, 6.07) is -0.681. The molecular weight excluding hydrogens is 135 g/mol. The summed E-state index contributed by atoms with van der Waals surface area (Å²) >= 11 is 0. The molecule has 0 unspecified atom stereocenters. The van der Waals surface area contributed by atoms with Crippen LogP contribution in [0.3, 0.4) is 0 Å². The second-order valence-electron chi connectivity index (χ2n) is 2.21. The second-order valence-corrected chi connectivity index (χ2v) is 2.21. The van der Waals surface area contributed by atoms with Gasteiger partial charge in [0.05, 0.1) is 6.04 Å². The maximum absolute atomic E-state index is 12.1. The first-order valence-electron chi connectivity index (χ1n) is 3.28. The third kappa shape index (κ3) is 2.77. The Labute approximate surface area is 59.9 Å². The quantitative estimate of drug-likeness (QED) is 0.591. The van der Waals surface area contributed by atoms with Gasteiger partial charge in [-0.1, -0.05) is 17.8 Å². The Morgan fingerprint density at radius 1 is 1.80 bits per heavy atom. The van der Waals surface area contributed by atoms with Crippen LogP contribution >= 0.6 is 0 Å². The molecule has 2 N–H and O–H groups in total. The predicted molar refractivity (Wildman–Crippen MR) is 36.8 cm³/mol. The first-order valence-corrected chi connectivity index (χ1v) is 3.28. The summed E-state index contributed by atoms with van der Waals surface area (Å²) in [5, 5.41) is 0.0281. The van der Waals surface area contributed by atoms with Crippen LogP contribution in [0.1, 0.15) is 19.8 Å². The summed E-state index contributed by atoms with van der Waals surface area (Å²) in [7, 11) is 1.05. The molecule has 1 amide bonds. The molecule has 60 valence electrons. The molecule has 0 aliphatic carbocycles. The van der Waals surface area contributed by atoms with E-state index in [-0.39, 0.29) is 5.12 Å². The average Bonchev–Trinajstić information content (AvgIpc) is 1.87. The van der Waals surface area contributed by atoms with E-state index < -0.39 is 11.9 Å². The number of nitrogens with two attached hydrogens (primary N) is 1. The molecule has 0 aliphatic rings. The highest BCUT2D eigenvalue weighted by Crippen LogP contribution is 1.97. The maximum atomic E-state index is 12.1. The van der Waals surface area contributed by atoms with Gasteiger partial charge in [-0.25, -0.2) is 0 Å².